The minimum atomic E-state index is -1.18. The van der Waals surface area contributed by atoms with Crippen LogP contribution in [0.3, 0.4) is 0 Å². The Kier molecular flexibility index (Phi) is 4.43. The summed E-state index contributed by atoms with van der Waals surface area (Å²) in [5, 5.41) is 0. The zero-order valence-electron chi connectivity index (χ0n) is 6.74. The van der Waals surface area contributed by atoms with Crippen molar-refractivity contribution in [3.8, 4) is 0 Å². The van der Waals surface area contributed by atoms with Gasteiger partial charge in [-0.2, -0.15) is 0 Å². The van der Waals surface area contributed by atoms with Gasteiger partial charge in [-0.25, -0.2) is 0 Å². The molecular weight excluding hydrogens is 144 g/mol. The summed E-state index contributed by atoms with van der Waals surface area (Å²) < 4.78 is 5.55. The van der Waals surface area contributed by atoms with Crippen LogP contribution >= 0.6 is 0 Å². The average Bonchev–Trinajstić information content (AvgIpc) is 1.95. The third-order valence-corrected chi connectivity index (χ3v) is 8.55. The second kappa shape index (κ2) is 4.25. The molecule has 0 N–H and O–H groups in total. The van der Waals surface area contributed by atoms with Gasteiger partial charge in [-0.15, -0.1) is 0 Å². The van der Waals surface area contributed by atoms with Crippen molar-refractivity contribution >= 4 is 18.8 Å². The SMILES string of the molecule is CC[Si](CC)(CC)O[SiH2]. The van der Waals surface area contributed by atoms with Gasteiger partial charge in [0.05, 0.1) is 0 Å². The first-order chi connectivity index (χ1) is 4.24. The summed E-state index contributed by atoms with van der Waals surface area (Å²) in [5.74, 6) is 0. The van der Waals surface area contributed by atoms with E-state index in [-0.39, 0.29) is 0 Å². The predicted octanol–water partition coefficient (Wildman–Crippen LogP) is 1.56. The fourth-order valence-electron chi connectivity index (χ4n) is 1.06. The molecule has 0 spiro atoms. The Morgan fingerprint density at radius 3 is 1.44 bits per heavy atom. The third kappa shape index (κ3) is 2.23. The molecule has 0 bridgehead atoms. The zero-order valence-corrected chi connectivity index (χ0v) is 9.15. The Morgan fingerprint density at radius 2 is 1.44 bits per heavy atom. The van der Waals surface area contributed by atoms with E-state index >= 15 is 0 Å². The van der Waals surface area contributed by atoms with Crippen molar-refractivity contribution in [3.63, 3.8) is 0 Å². The monoisotopic (exact) mass is 161 g/mol. The van der Waals surface area contributed by atoms with Crippen LogP contribution in [0.5, 0.6) is 0 Å². The Morgan fingerprint density at radius 1 is 1.11 bits per heavy atom. The molecule has 9 heavy (non-hydrogen) atoms. The van der Waals surface area contributed by atoms with E-state index in [0.29, 0.717) is 0 Å². The maximum absolute atomic E-state index is 5.55. The lowest BCUT2D eigenvalue weighted by molar-refractivity contribution is 0.587. The minimum Gasteiger partial charge on any atom is -0.460 e. The molecule has 0 aliphatic heterocycles. The normalized spacial score (nSPS) is 12.0. The maximum Gasteiger partial charge on any atom is 0.178 e. The minimum absolute atomic E-state index is 1.18. The fraction of sp³-hybridized carbons (Fsp3) is 1.00. The Hall–Kier alpha value is 0.394. The molecule has 0 atom stereocenters. The van der Waals surface area contributed by atoms with E-state index in [9.17, 15) is 0 Å². The highest BCUT2D eigenvalue weighted by molar-refractivity contribution is 6.75. The number of hydrogen-bond acceptors (Lipinski definition) is 1. The molecule has 0 aromatic heterocycles. The van der Waals surface area contributed by atoms with Crippen LogP contribution < -0.4 is 0 Å². The second-order valence-electron chi connectivity index (χ2n) is 2.39. The molecule has 0 aliphatic rings. The van der Waals surface area contributed by atoms with E-state index < -0.39 is 8.32 Å². The van der Waals surface area contributed by atoms with Crippen molar-refractivity contribution in [3.05, 3.63) is 0 Å². The highest BCUT2D eigenvalue weighted by Gasteiger charge is 2.25. The lowest BCUT2D eigenvalue weighted by atomic mass is 10.9. The molecule has 0 aromatic carbocycles. The molecule has 0 unspecified atom stereocenters. The lowest BCUT2D eigenvalue weighted by Gasteiger charge is -2.25. The average molecular weight is 161 g/mol. The van der Waals surface area contributed by atoms with Crippen LogP contribution in [0.15, 0.2) is 0 Å². The van der Waals surface area contributed by atoms with Gasteiger partial charge in [0.1, 0.15) is 0 Å². The van der Waals surface area contributed by atoms with Gasteiger partial charge in [0.2, 0.25) is 0 Å². The summed E-state index contributed by atoms with van der Waals surface area (Å²) in [6.07, 6.45) is 0. The molecule has 0 fully saturated rings. The highest BCUT2D eigenvalue weighted by atomic mass is 28.4. The van der Waals surface area contributed by atoms with Gasteiger partial charge in [-0.3, -0.25) is 0 Å². The van der Waals surface area contributed by atoms with Crippen molar-refractivity contribution in [1.29, 1.82) is 0 Å². The first-order valence-corrected chi connectivity index (χ1v) is 6.78. The molecule has 0 heterocycles. The molecule has 0 rings (SSSR count). The largest absolute Gasteiger partial charge is 0.460 e. The van der Waals surface area contributed by atoms with Gasteiger partial charge in [0.25, 0.3) is 0 Å². The molecule has 3 heteroatoms. The second-order valence-corrected chi connectivity index (χ2v) is 8.03. The third-order valence-electron chi connectivity index (χ3n) is 2.24. The fourth-order valence-corrected chi connectivity index (χ4v) is 5.01. The predicted molar refractivity (Wildman–Crippen MR) is 46.8 cm³/mol. The molecule has 0 amide bonds. The summed E-state index contributed by atoms with van der Waals surface area (Å²) in [4.78, 5) is 0. The summed E-state index contributed by atoms with van der Waals surface area (Å²) in [6.45, 7) is 6.73. The Balaban J connectivity index is 3.82. The van der Waals surface area contributed by atoms with Gasteiger partial charge in [-0.1, -0.05) is 20.8 Å². The van der Waals surface area contributed by atoms with Crippen molar-refractivity contribution in [2.75, 3.05) is 0 Å². The van der Waals surface area contributed by atoms with Crippen LogP contribution in [0.2, 0.25) is 18.1 Å². The molecular formula is C6H17OSi2. The smallest absolute Gasteiger partial charge is 0.178 e. The van der Waals surface area contributed by atoms with E-state index in [0.717, 1.165) is 0 Å². The first kappa shape index (κ1) is 9.39. The van der Waals surface area contributed by atoms with E-state index in [2.05, 4.69) is 20.8 Å². The van der Waals surface area contributed by atoms with Crippen molar-refractivity contribution in [2.45, 2.75) is 38.9 Å². The molecule has 1 nitrogen and oxygen atoms in total. The zero-order chi connectivity index (χ0) is 7.33. The summed E-state index contributed by atoms with van der Waals surface area (Å²) in [7, 11) is 0.499. The van der Waals surface area contributed by atoms with Crippen molar-refractivity contribution in [2.24, 2.45) is 0 Å². The van der Waals surface area contributed by atoms with Crippen LogP contribution in [-0.2, 0) is 4.12 Å². The summed E-state index contributed by atoms with van der Waals surface area (Å²) in [5.41, 5.74) is 0. The van der Waals surface area contributed by atoms with Crippen LogP contribution in [0, 0.1) is 0 Å². The van der Waals surface area contributed by atoms with Gasteiger partial charge in [0.15, 0.2) is 18.8 Å². The Bertz CT molecular complexity index is 53.9. The van der Waals surface area contributed by atoms with Crippen molar-refractivity contribution in [1.82, 2.24) is 0 Å². The summed E-state index contributed by atoms with van der Waals surface area (Å²) in [6, 6.07) is 3.80. The van der Waals surface area contributed by atoms with E-state index in [1.165, 1.54) is 18.1 Å². The highest BCUT2D eigenvalue weighted by Crippen LogP contribution is 2.19. The lowest BCUT2D eigenvalue weighted by Crippen LogP contribution is -2.34. The molecule has 0 aliphatic carbocycles. The van der Waals surface area contributed by atoms with E-state index in [4.69, 9.17) is 4.12 Å². The van der Waals surface area contributed by atoms with Gasteiger partial charge in [0, 0.05) is 0 Å². The molecule has 1 radical (unpaired) electrons. The van der Waals surface area contributed by atoms with E-state index in [1.807, 2.05) is 0 Å². The van der Waals surface area contributed by atoms with Crippen LogP contribution in [0.4, 0.5) is 0 Å². The molecule has 55 valence electrons. The first-order valence-electron chi connectivity index (χ1n) is 3.67. The number of rotatable bonds is 4. The van der Waals surface area contributed by atoms with Gasteiger partial charge < -0.3 is 4.12 Å². The molecule has 0 aromatic rings. The van der Waals surface area contributed by atoms with Crippen LogP contribution in [0.25, 0.3) is 0 Å². The summed E-state index contributed by atoms with van der Waals surface area (Å²) >= 11 is 0. The number of hydrogen-bond donors (Lipinski definition) is 0. The quantitative estimate of drug-likeness (QED) is 0.569. The van der Waals surface area contributed by atoms with E-state index in [1.54, 1.807) is 10.5 Å². The molecule has 0 saturated heterocycles. The topological polar surface area (TPSA) is 9.23 Å². The van der Waals surface area contributed by atoms with Gasteiger partial charge in [-0.05, 0) is 18.1 Å². The van der Waals surface area contributed by atoms with Gasteiger partial charge >= 0.3 is 0 Å². The van der Waals surface area contributed by atoms with Crippen LogP contribution in [-0.4, -0.2) is 18.8 Å². The van der Waals surface area contributed by atoms with Crippen molar-refractivity contribution < 1.29 is 4.12 Å². The maximum atomic E-state index is 5.55. The standard InChI is InChI=1S/C6H17OSi2/c1-4-9(5-2,6-3)7-8/h4-6,8H2,1-3H3. The molecule has 0 saturated carbocycles. The van der Waals surface area contributed by atoms with Crippen LogP contribution in [0.1, 0.15) is 20.8 Å². The Labute approximate surface area is 62.5 Å².